The summed E-state index contributed by atoms with van der Waals surface area (Å²) in [5.74, 6) is 0.0863. The van der Waals surface area contributed by atoms with E-state index in [1.165, 1.54) is 0 Å². The van der Waals surface area contributed by atoms with E-state index >= 15 is 0 Å². The highest BCUT2D eigenvalue weighted by Crippen LogP contribution is 2.22. The van der Waals surface area contributed by atoms with E-state index in [2.05, 4.69) is 16.0 Å². The third-order valence-electron chi connectivity index (χ3n) is 4.42. The Balaban J connectivity index is 1.52. The molecule has 0 aliphatic carbocycles. The van der Waals surface area contributed by atoms with Crippen molar-refractivity contribution in [2.24, 2.45) is 5.92 Å². The normalized spacial score (nSPS) is 14.4. The number of benzene rings is 1. The van der Waals surface area contributed by atoms with Crippen LogP contribution in [0.15, 0.2) is 36.5 Å². The van der Waals surface area contributed by atoms with Crippen molar-refractivity contribution < 1.29 is 19.4 Å². The second-order valence-electron chi connectivity index (χ2n) is 7.14. The summed E-state index contributed by atoms with van der Waals surface area (Å²) < 4.78 is 11.3. The summed E-state index contributed by atoms with van der Waals surface area (Å²) in [6.07, 6.45) is 1.60. The number of carboxylic acids is 1. The van der Waals surface area contributed by atoms with E-state index in [0.717, 1.165) is 23.4 Å². The third-order valence-corrected chi connectivity index (χ3v) is 4.42. The van der Waals surface area contributed by atoms with E-state index in [-0.39, 0.29) is 12.0 Å². The molecule has 0 bridgehead atoms. The summed E-state index contributed by atoms with van der Waals surface area (Å²) in [6.45, 7) is 5.99. The number of ether oxygens (including phenoxy) is 2. The lowest BCUT2D eigenvalue weighted by atomic mass is 10.00. The number of rotatable bonds is 8. The van der Waals surface area contributed by atoms with E-state index in [1.807, 2.05) is 38.1 Å². The van der Waals surface area contributed by atoms with Crippen molar-refractivity contribution >= 4 is 5.97 Å². The minimum atomic E-state index is -0.724. The lowest BCUT2D eigenvalue weighted by Gasteiger charge is -2.36. The molecule has 3 rings (SSSR count). The smallest absolute Gasteiger partial charge is 0.309 e. The van der Waals surface area contributed by atoms with Crippen LogP contribution in [0.25, 0.3) is 0 Å². The van der Waals surface area contributed by atoms with Crippen LogP contribution in [0.1, 0.15) is 30.5 Å². The molecule has 2 heterocycles. The summed E-state index contributed by atoms with van der Waals surface area (Å²) in [5, 5.41) is 18.2. The first kappa shape index (κ1) is 19.6. The average Bonchev–Trinajstić information content (AvgIpc) is 2.63. The van der Waals surface area contributed by atoms with E-state index in [1.54, 1.807) is 12.3 Å². The van der Waals surface area contributed by atoms with Gasteiger partial charge < -0.3 is 14.6 Å². The lowest BCUT2D eigenvalue weighted by molar-refractivity contribution is -0.147. The molecule has 7 heteroatoms. The predicted octanol–water partition coefficient (Wildman–Crippen LogP) is 2.84. The number of carboxylic acid groups (broad SMARTS) is 1. The standard InChI is InChI=1S/C21H23N3O4/c1-14(2)28-20-17(8-22)7-16(9-23-20)13-27-19-5-3-15(4-6-19)10-24-11-18(12-24)21(25)26/h3-7,9,14,18H,10-13H2,1-2H3,(H,25,26). The van der Waals surface area contributed by atoms with E-state index in [9.17, 15) is 10.1 Å². The Bertz CT molecular complexity index is 868. The maximum Gasteiger partial charge on any atom is 0.309 e. The Labute approximate surface area is 164 Å². The zero-order valence-electron chi connectivity index (χ0n) is 16.0. The molecule has 1 aliphatic rings. The van der Waals surface area contributed by atoms with E-state index in [4.69, 9.17) is 14.6 Å². The SMILES string of the molecule is CC(C)Oc1ncc(COc2ccc(CN3CC(C(=O)O)C3)cc2)cc1C#N. The van der Waals surface area contributed by atoms with Crippen molar-refractivity contribution in [1.82, 2.24) is 9.88 Å². The van der Waals surface area contributed by atoms with Gasteiger partial charge in [-0.1, -0.05) is 12.1 Å². The van der Waals surface area contributed by atoms with Crippen LogP contribution in [0.5, 0.6) is 11.6 Å². The van der Waals surface area contributed by atoms with Gasteiger partial charge >= 0.3 is 5.97 Å². The highest BCUT2D eigenvalue weighted by Gasteiger charge is 2.32. The first-order chi connectivity index (χ1) is 13.4. The van der Waals surface area contributed by atoms with Gasteiger partial charge in [0, 0.05) is 31.4 Å². The molecule has 0 amide bonds. The molecule has 7 nitrogen and oxygen atoms in total. The fraction of sp³-hybridized carbons (Fsp3) is 0.381. The summed E-state index contributed by atoms with van der Waals surface area (Å²) in [4.78, 5) is 17.2. The molecule has 0 unspecified atom stereocenters. The van der Waals surface area contributed by atoms with E-state index < -0.39 is 5.97 Å². The molecule has 0 atom stereocenters. The monoisotopic (exact) mass is 381 g/mol. The van der Waals surface area contributed by atoms with Crippen molar-refractivity contribution in [3.05, 3.63) is 53.2 Å². The van der Waals surface area contributed by atoms with Crippen LogP contribution >= 0.6 is 0 Å². The number of pyridine rings is 1. The number of nitrogens with zero attached hydrogens (tertiary/aromatic N) is 3. The van der Waals surface area contributed by atoms with Crippen LogP contribution in [0.2, 0.25) is 0 Å². The van der Waals surface area contributed by atoms with Gasteiger partial charge in [0.05, 0.1) is 12.0 Å². The van der Waals surface area contributed by atoms with Crippen molar-refractivity contribution in [3.8, 4) is 17.7 Å². The molecule has 1 fully saturated rings. The first-order valence-corrected chi connectivity index (χ1v) is 9.17. The number of hydrogen-bond acceptors (Lipinski definition) is 6. The number of aromatic nitrogens is 1. The van der Waals surface area contributed by atoms with Crippen molar-refractivity contribution in [1.29, 1.82) is 5.26 Å². The highest BCUT2D eigenvalue weighted by atomic mass is 16.5. The Morgan fingerprint density at radius 1 is 1.32 bits per heavy atom. The lowest BCUT2D eigenvalue weighted by Crippen LogP contribution is -2.49. The van der Waals surface area contributed by atoms with Crippen molar-refractivity contribution in [2.75, 3.05) is 13.1 Å². The van der Waals surface area contributed by atoms with Gasteiger partial charge in [0.2, 0.25) is 5.88 Å². The molecule has 1 saturated heterocycles. The van der Waals surface area contributed by atoms with E-state index in [0.29, 0.717) is 31.1 Å². The largest absolute Gasteiger partial charge is 0.489 e. The maximum atomic E-state index is 10.8. The molecule has 1 N–H and O–H groups in total. The van der Waals surface area contributed by atoms with Gasteiger partial charge in [-0.05, 0) is 37.6 Å². The van der Waals surface area contributed by atoms with Crippen LogP contribution in [0, 0.1) is 17.2 Å². The van der Waals surface area contributed by atoms with Gasteiger partial charge in [0.25, 0.3) is 0 Å². The molecule has 28 heavy (non-hydrogen) atoms. The molecule has 0 radical (unpaired) electrons. The molecular formula is C21H23N3O4. The topological polar surface area (TPSA) is 95.7 Å². The van der Waals surface area contributed by atoms with Gasteiger partial charge in [0.1, 0.15) is 24.0 Å². The molecule has 1 aliphatic heterocycles. The minimum absolute atomic E-state index is 0.0495. The maximum absolute atomic E-state index is 10.8. The molecular weight excluding hydrogens is 358 g/mol. The third kappa shape index (κ3) is 4.99. The second kappa shape index (κ2) is 8.72. The minimum Gasteiger partial charge on any atom is -0.489 e. The Morgan fingerprint density at radius 2 is 2.04 bits per heavy atom. The summed E-state index contributed by atoms with van der Waals surface area (Å²) in [6, 6.07) is 11.5. The number of likely N-dealkylation sites (tertiary alicyclic amines) is 1. The molecule has 2 aromatic rings. The Hall–Kier alpha value is -3.11. The van der Waals surface area contributed by atoms with Gasteiger partial charge in [-0.3, -0.25) is 9.69 Å². The van der Waals surface area contributed by atoms with Crippen LogP contribution in [0.4, 0.5) is 0 Å². The van der Waals surface area contributed by atoms with Gasteiger partial charge in [0.15, 0.2) is 0 Å². The number of carbonyl (C=O) groups is 1. The molecule has 146 valence electrons. The number of nitriles is 1. The zero-order valence-corrected chi connectivity index (χ0v) is 16.0. The molecule has 1 aromatic heterocycles. The van der Waals surface area contributed by atoms with Crippen molar-refractivity contribution in [3.63, 3.8) is 0 Å². The van der Waals surface area contributed by atoms with Crippen LogP contribution in [-0.2, 0) is 17.9 Å². The molecule has 0 saturated carbocycles. The fourth-order valence-electron chi connectivity index (χ4n) is 2.94. The van der Waals surface area contributed by atoms with Crippen LogP contribution < -0.4 is 9.47 Å². The molecule has 1 aromatic carbocycles. The first-order valence-electron chi connectivity index (χ1n) is 9.17. The fourth-order valence-corrected chi connectivity index (χ4v) is 2.94. The highest BCUT2D eigenvalue weighted by molar-refractivity contribution is 5.71. The number of hydrogen-bond donors (Lipinski definition) is 1. The summed E-state index contributed by atoms with van der Waals surface area (Å²) in [5.41, 5.74) is 2.29. The van der Waals surface area contributed by atoms with Gasteiger partial charge in [-0.15, -0.1) is 0 Å². The van der Waals surface area contributed by atoms with Gasteiger partial charge in [-0.25, -0.2) is 4.98 Å². The van der Waals surface area contributed by atoms with Crippen LogP contribution in [0.3, 0.4) is 0 Å². The van der Waals surface area contributed by atoms with Gasteiger partial charge in [-0.2, -0.15) is 5.26 Å². The Kier molecular flexibility index (Phi) is 6.12. The average molecular weight is 381 g/mol. The zero-order chi connectivity index (χ0) is 20.1. The summed E-state index contributed by atoms with van der Waals surface area (Å²) in [7, 11) is 0. The second-order valence-corrected chi connectivity index (χ2v) is 7.14. The quantitative estimate of drug-likeness (QED) is 0.751. The van der Waals surface area contributed by atoms with Crippen molar-refractivity contribution in [2.45, 2.75) is 33.1 Å². The number of aliphatic carboxylic acids is 1. The Morgan fingerprint density at radius 3 is 2.64 bits per heavy atom. The summed E-state index contributed by atoms with van der Waals surface area (Å²) >= 11 is 0. The predicted molar refractivity (Wildman–Crippen MR) is 102 cm³/mol. The molecule has 0 spiro atoms. The van der Waals surface area contributed by atoms with Crippen LogP contribution in [-0.4, -0.2) is 40.2 Å².